The molecule has 0 bridgehead atoms. The Hall–Kier alpha value is -6.44. The smallest absolute Gasteiger partial charge is 0.143 e. The van der Waals surface area contributed by atoms with E-state index in [0.29, 0.717) is 11.8 Å². The van der Waals surface area contributed by atoms with Crippen molar-refractivity contribution in [2.75, 3.05) is 0 Å². The van der Waals surface area contributed by atoms with Gasteiger partial charge in [-0.05, 0) is 114 Å². The van der Waals surface area contributed by atoms with Gasteiger partial charge < -0.3 is 4.42 Å². The molecule has 8 aromatic carbocycles. The first-order chi connectivity index (χ1) is 27.5. The minimum Gasteiger partial charge on any atom is -0.455 e. The highest BCUT2D eigenvalue weighted by Gasteiger charge is 2.43. The molecule has 56 heavy (non-hydrogen) atoms. The van der Waals surface area contributed by atoms with Crippen LogP contribution in [0.1, 0.15) is 66.3 Å². The van der Waals surface area contributed by atoms with E-state index >= 15 is 0 Å². The number of fused-ring (bicyclic) bond motifs is 11. The lowest BCUT2D eigenvalue weighted by Gasteiger charge is -2.29. The quantitative estimate of drug-likeness (QED) is 0.166. The molecule has 0 fully saturated rings. The molecular formula is C55H40O. The van der Waals surface area contributed by atoms with E-state index in [9.17, 15) is 0 Å². The van der Waals surface area contributed by atoms with Crippen LogP contribution in [0.3, 0.4) is 0 Å². The third-order valence-corrected chi connectivity index (χ3v) is 13.4. The van der Waals surface area contributed by atoms with Gasteiger partial charge in [-0.15, -0.1) is 0 Å². The molecule has 266 valence electrons. The van der Waals surface area contributed by atoms with Crippen LogP contribution in [-0.2, 0) is 5.41 Å². The van der Waals surface area contributed by atoms with Crippen molar-refractivity contribution in [3.63, 3.8) is 0 Å². The van der Waals surface area contributed by atoms with Crippen molar-refractivity contribution in [3.05, 3.63) is 203 Å². The predicted octanol–water partition coefficient (Wildman–Crippen LogP) is 15.1. The lowest BCUT2D eigenvalue weighted by atomic mass is 9.75. The maximum absolute atomic E-state index is 6.58. The fourth-order valence-corrected chi connectivity index (χ4v) is 10.8. The Balaban J connectivity index is 1.00. The van der Waals surface area contributed by atoms with Gasteiger partial charge in [0.1, 0.15) is 11.2 Å². The van der Waals surface area contributed by atoms with E-state index in [4.69, 9.17) is 4.42 Å². The number of allylic oxidation sites excluding steroid dienone is 8. The van der Waals surface area contributed by atoms with Crippen LogP contribution in [0.4, 0.5) is 0 Å². The van der Waals surface area contributed by atoms with Gasteiger partial charge in [0.15, 0.2) is 0 Å². The first-order valence-corrected chi connectivity index (χ1v) is 20.1. The summed E-state index contributed by atoms with van der Waals surface area (Å²) >= 11 is 0. The first-order valence-electron chi connectivity index (χ1n) is 20.1. The van der Waals surface area contributed by atoms with E-state index in [0.717, 1.165) is 24.0 Å². The zero-order chi connectivity index (χ0) is 37.1. The van der Waals surface area contributed by atoms with E-state index in [1.165, 1.54) is 98.4 Å². The van der Waals surface area contributed by atoms with E-state index in [-0.39, 0.29) is 5.41 Å². The third-order valence-electron chi connectivity index (χ3n) is 13.4. The maximum atomic E-state index is 6.58. The van der Waals surface area contributed by atoms with Crippen LogP contribution < -0.4 is 0 Å². The fraction of sp³-hybridized carbons (Fsp3) is 0.127. The lowest BCUT2D eigenvalue weighted by molar-refractivity contribution is 0.615. The summed E-state index contributed by atoms with van der Waals surface area (Å²) in [4.78, 5) is 0. The van der Waals surface area contributed by atoms with Gasteiger partial charge in [-0.1, -0.05) is 165 Å². The highest BCUT2D eigenvalue weighted by atomic mass is 16.3. The minimum absolute atomic E-state index is 0.0609. The summed E-state index contributed by atoms with van der Waals surface area (Å²) in [6, 6.07) is 51.8. The second-order valence-corrected chi connectivity index (χ2v) is 16.7. The summed E-state index contributed by atoms with van der Waals surface area (Å²) in [7, 11) is 0. The second kappa shape index (κ2) is 11.8. The van der Waals surface area contributed by atoms with E-state index in [1.54, 1.807) is 0 Å². The van der Waals surface area contributed by atoms with Crippen LogP contribution in [-0.4, -0.2) is 0 Å². The Morgan fingerprint density at radius 1 is 0.500 bits per heavy atom. The highest BCUT2D eigenvalue weighted by Crippen LogP contribution is 2.57. The number of para-hydroxylation sites is 1. The number of rotatable bonds is 3. The number of furan rings is 1. The van der Waals surface area contributed by atoms with Crippen molar-refractivity contribution in [2.24, 2.45) is 0 Å². The lowest BCUT2D eigenvalue weighted by Crippen LogP contribution is -2.17. The highest BCUT2D eigenvalue weighted by molar-refractivity contribution is 6.17. The van der Waals surface area contributed by atoms with Gasteiger partial charge >= 0.3 is 0 Å². The fourth-order valence-electron chi connectivity index (χ4n) is 10.8. The van der Waals surface area contributed by atoms with Crippen molar-refractivity contribution in [2.45, 2.75) is 43.9 Å². The second-order valence-electron chi connectivity index (χ2n) is 16.7. The maximum Gasteiger partial charge on any atom is 0.143 e. The standard InChI is InChI=1S/C55H40O/c1-55(2)49-28-26-37(30-47(49)48-32-46-35(31-50(48)55)25-27-45-40-18-9-10-24-51(40)56-54(45)46)53-43-21-7-5-19-41(43)52(42-20-6-8-22-44(42)53)36-16-11-15-34(29-36)39-23-12-14-33-13-3-4-17-38(33)39/h3-28,31-32,34,47H,29-30H2,1-2H3. The Bertz CT molecular complexity index is 3220. The molecular weight excluding hydrogens is 677 g/mol. The van der Waals surface area contributed by atoms with Crippen LogP contribution in [0.5, 0.6) is 0 Å². The summed E-state index contributed by atoms with van der Waals surface area (Å²) in [5, 5.41) is 12.8. The summed E-state index contributed by atoms with van der Waals surface area (Å²) in [5.74, 6) is 0.611. The van der Waals surface area contributed by atoms with Crippen molar-refractivity contribution in [3.8, 4) is 0 Å². The van der Waals surface area contributed by atoms with Gasteiger partial charge in [-0.2, -0.15) is 0 Å². The van der Waals surface area contributed by atoms with Crippen molar-refractivity contribution in [1.29, 1.82) is 0 Å². The zero-order valence-corrected chi connectivity index (χ0v) is 31.6. The van der Waals surface area contributed by atoms with Crippen molar-refractivity contribution < 1.29 is 4.42 Å². The van der Waals surface area contributed by atoms with Gasteiger partial charge in [0.05, 0.1) is 0 Å². The Morgan fingerprint density at radius 2 is 1.14 bits per heavy atom. The molecule has 3 aliphatic carbocycles. The van der Waals surface area contributed by atoms with Crippen LogP contribution in [0.15, 0.2) is 180 Å². The Morgan fingerprint density at radius 3 is 1.89 bits per heavy atom. The van der Waals surface area contributed by atoms with Gasteiger partial charge in [-0.25, -0.2) is 0 Å². The Labute approximate surface area is 326 Å². The van der Waals surface area contributed by atoms with Crippen LogP contribution in [0, 0.1) is 0 Å². The topological polar surface area (TPSA) is 13.1 Å². The number of benzene rings is 8. The molecule has 1 aromatic heterocycles. The summed E-state index contributed by atoms with van der Waals surface area (Å²) < 4.78 is 6.58. The molecule has 0 saturated heterocycles. The van der Waals surface area contributed by atoms with E-state index in [2.05, 4.69) is 184 Å². The summed E-state index contributed by atoms with van der Waals surface area (Å²) in [6.07, 6.45) is 13.9. The molecule has 0 N–H and O–H groups in total. The zero-order valence-electron chi connectivity index (χ0n) is 31.6. The molecule has 0 aliphatic heterocycles. The van der Waals surface area contributed by atoms with E-state index < -0.39 is 0 Å². The molecule has 0 spiro atoms. The third kappa shape index (κ3) is 4.49. The molecule has 0 radical (unpaired) electrons. The normalized spacial score (nSPS) is 18.8. The molecule has 1 heterocycles. The molecule has 0 saturated carbocycles. The average Bonchev–Trinajstić information content (AvgIpc) is 3.73. The minimum atomic E-state index is -0.0609. The largest absolute Gasteiger partial charge is 0.455 e. The van der Waals surface area contributed by atoms with Crippen LogP contribution in [0.25, 0.3) is 76.2 Å². The van der Waals surface area contributed by atoms with Crippen molar-refractivity contribution in [1.82, 2.24) is 0 Å². The predicted molar refractivity (Wildman–Crippen MR) is 238 cm³/mol. The van der Waals surface area contributed by atoms with E-state index in [1.807, 2.05) is 0 Å². The molecule has 1 nitrogen and oxygen atoms in total. The molecule has 2 unspecified atom stereocenters. The van der Waals surface area contributed by atoms with Gasteiger partial charge in [0.25, 0.3) is 0 Å². The molecule has 1 heteroatoms. The number of hydrogen-bond acceptors (Lipinski definition) is 1. The van der Waals surface area contributed by atoms with Gasteiger partial charge in [-0.3, -0.25) is 0 Å². The van der Waals surface area contributed by atoms with Gasteiger partial charge in [0.2, 0.25) is 0 Å². The van der Waals surface area contributed by atoms with Crippen LogP contribution >= 0.6 is 0 Å². The van der Waals surface area contributed by atoms with Crippen molar-refractivity contribution >= 4 is 76.2 Å². The molecule has 2 atom stereocenters. The Kier molecular flexibility index (Phi) is 6.70. The molecule has 12 rings (SSSR count). The molecule has 3 aliphatic rings. The molecule has 0 amide bonds. The van der Waals surface area contributed by atoms with Gasteiger partial charge in [0, 0.05) is 33.4 Å². The molecule has 9 aromatic rings. The van der Waals surface area contributed by atoms with Crippen LogP contribution in [0.2, 0.25) is 0 Å². The summed E-state index contributed by atoms with van der Waals surface area (Å²) in [5.41, 5.74) is 13.2. The SMILES string of the molecule is CC1(C)C2=CC=C(c3c4ccccc4c(C4=CC=CC(c5cccc6ccccc56)C4)c4ccccc34)CC2c2cc3c(ccc4c5ccccc5oc34)cc21. The first kappa shape index (κ1) is 31.9. The monoisotopic (exact) mass is 716 g/mol. The average molecular weight is 717 g/mol. The summed E-state index contributed by atoms with van der Waals surface area (Å²) in [6.45, 7) is 4.83. The number of hydrogen-bond donors (Lipinski definition) is 0.